The summed E-state index contributed by atoms with van der Waals surface area (Å²) in [5.41, 5.74) is 1.01. The molecule has 0 radical (unpaired) electrons. The van der Waals surface area contributed by atoms with E-state index in [1.807, 2.05) is 20.8 Å². The lowest BCUT2D eigenvalue weighted by Crippen LogP contribution is -2.53. The third-order valence-corrected chi connectivity index (χ3v) is 8.50. The predicted octanol–water partition coefficient (Wildman–Crippen LogP) is 5.26. The number of hydrogen-bond acceptors (Lipinski definition) is 4. The van der Waals surface area contributed by atoms with E-state index in [9.17, 15) is 18.0 Å². The van der Waals surface area contributed by atoms with Gasteiger partial charge in [0.2, 0.25) is 11.8 Å². The van der Waals surface area contributed by atoms with Crippen LogP contribution in [0.15, 0.2) is 89.8 Å². The van der Waals surface area contributed by atoms with Crippen molar-refractivity contribution >= 4 is 39.1 Å². The molecule has 0 aliphatic heterocycles. The standard InChI is InChI=1S/C29H34ClN3O4S/c1-4-22(3)31-29(35)27(5-2)32(20-23-14-12-13-19-26(23)30)28(34)21-33(24-15-8-6-9-16-24)38(36,37)25-17-10-7-11-18-25/h6-19,22,27H,4-5,20-21H2,1-3H3,(H,31,35). The van der Waals surface area contributed by atoms with Crippen LogP contribution < -0.4 is 9.62 Å². The van der Waals surface area contributed by atoms with Gasteiger partial charge in [0.15, 0.2) is 0 Å². The van der Waals surface area contributed by atoms with Gasteiger partial charge in [-0.1, -0.05) is 80.0 Å². The van der Waals surface area contributed by atoms with E-state index in [2.05, 4.69) is 5.32 Å². The van der Waals surface area contributed by atoms with E-state index in [-0.39, 0.29) is 23.4 Å². The van der Waals surface area contributed by atoms with Gasteiger partial charge in [0.25, 0.3) is 10.0 Å². The van der Waals surface area contributed by atoms with E-state index in [1.165, 1.54) is 17.0 Å². The third-order valence-electron chi connectivity index (χ3n) is 6.34. The summed E-state index contributed by atoms with van der Waals surface area (Å²) in [4.78, 5) is 28.7. The monoisotopic (exact) mass is 555 g/mol. The lowest BCUT2D eigenvalue weighted by molar-refractivity contribution is -0.140. The molecule has 3 aromatic rings. The molecule has 0 bridgehead atoms. The maximum Gasteiger partial charge on any atom is 0.264 e. The number of carbonyl (C=O) groups excluding carboxylic acids is 2. The fourth-order valence-electron chi connectivity index (χ4n) is 4.01. The Kier molecular flexibility index (Phi) is 10.3. The summed E-state index contributed by atoms with van der Waals surface area (Å²) in [6, 6.07) is 22.7. The molecular weight excluding hydrogens is 522 g/mol. The molecule has 38 heavy (non-hydrogen) atoms. The van der Waals surface area contributed by atoms with Crippen molar-refractivity contribution in [2.75, 3.05) is 10.8 Å². The van der Waals surface area contributed by atoms with Gasteiger partial charge in [-0.05, 0) is 55.7 Å². The third kappa shape index (κ3) is 7.14. The number of nitrogens with one attached hydrogen (secondary N) is 1. The van der Waals surface area contributed by atoms with Crippen molar-refractivity contribution in [2.24, 2.45) is 0 Å². The van der Waals surface area contributed by atoms with Crippen LogP contribution in [0.1, 0.15) is 39.2 Å². The van der Waals surface area contributed by atoms with Crippen LogP contribution >= 0.6 is 11.6 Å². The molecule has 0 aromatic heterocycles. The van der Waals surface area contributed by atoms with Crippen LogP contribution in [0.3, 0.4) is 0 Å². The Morgan fingerprint density at radius 1 is 0.868 bits per heavy atom. The van der Waals surface area contributed by atoms with Crippen LogP contribution in [0, 0.1) is 0 Å². The summed E-state index contributed by atoms with van der Waals surface area (Å²) >= 11 is 6.42. The van der Waals surface area contributed by atoms with E-state index < -0.39 is 28.5 Å². The number of benzene rings is 3. The average Bonchev–Trinajstić information content (AvgIpc) is 2.93. The first-order valence-corrected chi connectivity index (χ1v) is 14.5. The lowest BCUT2D eigenvalue weighted by Gasteiger charge is -2.34. The van der Waals surface area contributed by atoms with Crippen LogP contribution in [-0.4, -0.2) is 43.8 Å². The largest absolute Gasteiger partial charge is 0.352 e. The first-order valence-electron chi connectivity index (χ1n) is 12.6. The minimum atomic E-state index is -4.08. The topological polar surface area (TPSA) is 86.8 Å². The zero-order chi connectivity index (χ0) is 27.7. The molecule has 7 nitrogen and oxygen atoms in total. The second kappa shape index (κ2) is 13.4. The second-order valence-electron chi connectivity index (χ2n) is 9.02. The summed E-state index contributed by atoms with van der Waals surface area (Å²) in [5, 5.41) is 3.42. The Hall–Kier alpha value is -3.36. The molecule has 2 unspecified atom stereocenters. The lowest BCUT2D eigenvalue weighted by atomic mass is 10.1. The number of rotatable bonds is 12. The highest BCUT2D eigenvalue weighted by atomic mass is 35.5. The van der Waals surface area contributed by atoms with Crippen molar-refractivity contribution in [1.29, 1.82) is 0 Å². The van der Waals surface area contributed by atoms with Crippen LogP contribution in [0.4, 0.5) is 5.69 Å². The molecule has 0 aliphatic rings. The fraction of sp³-hybridized carbons (Fsp3) is 0.310. The van der Waals surface area contributed by atoms with E-state index in [1.54, 1.807) is 72.8 Å². The van der Waals surface area contributed by atoms with Gasteiger partial charge >= 0.3 is 0 Å². The van der Waals surface area contributed by atoms with Gasteiger partial charge in [0.05, 0.1) is 10.6 Å². The molecule has 0 aliphatic carbocycles. The van der Waals surface area contributed by atoms with Crippen LogP contribution in [0.5, 0.6) is 0 Å². The molecule has 0 spiro atoms. The highest BCUT2D eigenvalue weighted by molar-refractivity contribution is 7.92. The van der Waals surface area contributed by atoms with Crippen LogP contribution in [-0.2, 0) is 26.2 Å². The predicted molar refractivity (Wildman–Crippen MR) is 151 cm³/mol. The Bertz CT molecular complexity index is 1320. The molecule has 9 heteroatoms. The molecule has 202 valence electrons. The molecule has 0 saturated heterocycles. The molecule has 2 amide bonds. The molecule has 1 N–H and O–H groups in total. The zero-order valence-electron chi connectivity index (χ0n) is 21.9. The van der Waals surface area contributed by atoms with E-state index in [0.717, 1.165) is 10.7 Å². The van der Waals surface area contributed by atoms with Gasteiger partial charge < -0.3 is 10.2 Å². The van der Waals surface area contributed by atoms with Gasteiger partial charge in [0, 0.05) is 17.6 Å². The molecule has 3 rings (SSSR count). The smallest absolute Gasteiger partial charge is 0.264 e. The number of nitrogens with zero attached hydrogens (tertiary/aromatic N) is 2. The number of anilines is 1. The van der Waals surface area contributed by atoms with E-state index >= 15 is 0 Å². The van der Waals surface area contributed by atoms with Gasteiger partial charge in [-0.2, -0.15) is 0 Å². The number of carbonyl (C=O) groups is 2. The van der Waals surface area contributed by atoms with Gasteiger partial charge in [-0.25, -0.2) is 8.42 Å². The Morgan fingerprint density at radius 3 is 2.03 bits per heavy atom. The molecule has 0 saturated carbocycles. The normalized spacial score (nSPS) is 12.8. The second-order valence-corrected chi connectivity index (χ2v) is 11.3. The minimum Gasteiger partial charge on any atom is -0.352 e. The molecule has 2 atom stereocenters. The Labute approximate surface area is 230 Å². The number of amides is 2. The highest BCUT2D eigenvalue weighted by Gasteiger charge is 2.34. The van der Waals surface area contributed by atoms with Gasteiger partial charge in [0.1, 0.15) is 12.6 Å². The van der Waals surface area contributed by atoms with Crippen molar-refractivity contribution in [3.05, 3.63) is 95.5 Å². The van der Waals surface area contributed by atoms with Crippen molar-refractivity contribution in [2.45, 2.75) is 57.1 Å². The summed E-state index contributed by atoms with van der Waals surface area (Å²) in [7, 11) is -4.08. The summed E-state index contributed by atoms with van der Waals surface area (Å²) in [6.07, 6.45) is 1.08. The summed E-state index contributed by atoms with van der Waals surface area (Å²) < 4.78 is 28.5. The molecule has 0 fully saturated rings. The first-order chi connectivity index (χ1) is 18.2. The highest BCUT2D eigenvalue weighted by Crippen LogP contribution is 2.25. The van der Waals surface area contributed by atoms with Crippen LogP contribution in [0.25, 0.3) is 0 Å². The van der Waals surface area contributed by atoms with Crippen LogP contribution in [0.2, 0.25) is 5.02 Å². The van der Waals surface area contributed by atoms with Crippen molar-refractivity contribution < 1.29 is 18.0 Å². The van der Waals surface area contributed by atoms with Gasteiger partial charge in [-0.3, -0.25) is 13.9 Å². The minimum absolute atomic E-state index is 0.0545. The Morgan fingerprint density at radius 2 is 1.45 bits per heavy atom. The van der Waals surface area contributed by atoms with E-state index in [4.69, 9.17) is 11.6 Å². The van der Waals surface area contributed by atoms with Crippen molar-refractivity contribution in [3.8, 4) is 0 Å². The summed E-state index contributed by atoms with van der Waals surface area (Å²) in [5.74, 6) is -0.807. The number of hydrogen-bond donors (Lipinski definition) is 1. The summed E-state index contributed by atoms with van der Waals surface area (Å²) in [6.45, 7) is 5.25. The number of sulfonamides is 1. The molecule has 0 heterocycles. The quantitative estimate of drug-likeness (QED) is 0.330. The Balaban J connectivity index is 2.03. The van der Waals surface area contributed by atoms with Crippen molar-refractivity contribution in [3.63, 3.8) is 0 Å². The SMILES string of the molecule is CCC(C)NC(=O)C(CC)N(Cc1ccccc1Cl)C(=O)CN(c1ccccc1)S(=O)(=O)c1ccccc1. The van der Waals surface area contributed by atoms with E-state index in [0.29, 0.717) is 22.7 Å². The van der Waals surface area contributed by atoms with Crippen molar-refractivity contribution in [1.82, 2.24) is 10.2 Å². The first kappa shape index (κ1) is 29.2. The zero-order valence-corrected chi connectivity index (χ0v) is 23.5. The molecular formula is C29H34ClN3O4S. The maximum atomic E-state index is 14.0. The average molecular weight is 556 g/mol. The number of para-hydroxylation sites is 1. The van der Waals surface area contributed by atoms with Gasteiger partial charge in [-0.15, -0.1) is 0 Å². The fourth-order valence-corrected chi connectivity index (χ4v) is 5.64. The maximum absolute atomic E-state index is 14.0. The number of halogens is 1. The molecule has 3 aromatic carbocycles.